The zero-order valence-corrected chi connectivity index (χ0v) is 12.7. The lowest BCUT2D eigenvalue weighted by atomic mass is 10.2. The number of thiophene rings is 1. The van der Waals surface area contributed by atoms with E-state index in [-0.39, 0.29) is 5.91 Å². The van der Waals surface area contributed by atoms with Crippen molar-refractivity contribution in [1.29, 1.82) is 0 Å². The van der Waals surface area contributed by atoms with Crippen LogP contribution >= 0.6 is 22.9 Å². The van der Waals surface area contributed by atoms with Crippen LogP contribution in [0.3, 0.4) is 0 Å². The zero-order chi connectivity index (χ0) is 14.5. The van der Waals surface area contributed by atoms with Crippen molar-refractivity contribution in [3.63, 3.8) is 0 Å². The van der Waals surface area contributed by atoms with Gasteiger partial charge in [-0.1, -0.05) is 23.7 Å². The Balaban J connectivity index is 2.03. The quantitative estimate of drug-likeness (QED) is 0.507. The van der Waals surface area contributed by atoms with Gasteiger partial charge in [0, 0.05) is 18.1 Å². The normalized spacial score (nSPS) is 10.8. The van der Waals surface area contributed by atoms with Crippen molar-refractivity contribution in [3.05, 3.63) is 56.7 Å². The number of rotatable bonds is 5. The topological polar surface area (TPSA) is 58.4 Å². The van der Waals surface area contributed by atoms with E-state index in [1.54, 1.807) is 0 Å². The van der Waals surface area contributed by atoms with Gasteiger partial charge in [0.2, 0.25) is 0 Å². The Bertz CT molecular complexity index is 600. The van der Waals surface area contributed by atoms with E-state index in [2.05, 4.69) is 10.3 Å². The lowest BCUT2D eigenvalue weighted by Gasteiger charge is -2.17. The van der Waals surface area contributed by atoms with Crippen LogP contribution in [-0.2, 0) is 13.1 Å². The highest BCUT2D eigenvalue weighted by atomic mass is 35.5. The molecule has 0 spiro atoms. The number of nitrogens with zero attached hydrogens (tertiary/aromatic N) is 1. The van der Waals surface area contributed by atoms with E-state index in [1.165, 1.54) is 11.3 Å². The van der Waals surface area contributed by atoms with Crippen molar-refractivity contribution in [2.45, 2.75) is 13.1 Å². The molecule has 0 aliphatic rings. The monoisotopic (exact) mass is 309 g/mol. The van der Waals surface area contributed by atoms with Gasteiger partial charge in [-0.25, -0.2) is 5.84 Å². The molecule has 0 saturated carbocycles. The van der Waals surface area contributed by atoms with Crippen molar-refractivity contribution >= 4 is 28.8 Å². The molecule has 1 amide bonds. The molecule has 4 nitrogen and oxygen atoms in total. The van der Waals surface area contributed by atoms with Crippen LogP contribution in [0.2, 0.25) is 5.02 Å². The fourth-order valence-corrected chi connectivity index (χ4v) is 3.05. The summed E-state index contributed by atoms with van der Waals surface area (Å²) in [6.45, 7) is 1.44. The molecule has 1 aromatic carbocycles. The van der Waals surface area contributed by atoms with Gasteiger partial charge in [-0.3, -0.25) is 15.1 Å². The van der Waals surface area contributed by atoms with Gasteiger partial charge >= 0.3 is 0 Å². The summed E-state index contributed by atoms with van der Waals surface area (Å²) in [4.78, 5) is 14.4. The Labute approximate surface area is 127 Å². The summed E-state index contributed by atoms with van der Waals surface area (Å²) in [5.41, 5.74) is 4.29. The standard InChI is InChI=1S/C14H16ClN3OS/c1-18(8-10-3-2-4-12(15)7-10)9-11-5-6-20-13(11)14(19)17-16/h2-7H,8-9,16H2,1H3,(H,17,19). The van der Waals surface area contributed by atoms with Gasteiger partial charge in [-0.05, 0) is 41.8 Å². The molecule has 0 radical (unpaired) electrons. The largest absolute Gasteiger partial charge is 0.298 e. The van der Waals surface area contributed by atoms with Gasteiger partial charge in [0.15, 0.2) is 0 Å². The molecule has 0 aliphatic carbocycles. The molecule has 2 rings (SSSR count). The molecule has 3 N–H and O–H groups in total. The van der Waals surface area contributed by atoms with E-state index in [9.17, 15) is 4.79 Å². The van der Waals surface area contributed by atoms with Crippen molar-refractivity contribution in [1.82, 2.24) is 10.3 Å². The molecule has 1 aromatic heterocycles. The number of carbonyl (C=O) groups excluding carboxylic acids is 1. The Morgan fingerprint density at radius 1 is 1.40 bits per heavy atom. The number of halogens is 1. The summed E-state index contributed by atoms with van der Waals surface area (Å²) in [5.74, 6) is 4.94. The molecular formula is C14H16ClN3OS. The van der Waals surface area contributed by atoms with Crippen LogP contribution in [0, 0.1) is 0 Å². The van der Waals surface area contributed by atoms with E-state index in [0.717, 1.165) is 22.7 Å². The Morgan fingerprint density at radius 2 is 2.20 bits per heavy atom. The predicted octanol–water partition coefficient (Wildman–Crippen LogP) is 2.64. The summed E-state index contributed by atoms with van der Waals surface area (Å²) in [5, 5.41) is 2.63. The maximum absolute atomic E-state index is 11.6. The summed E-state index contributed by atoms with van der Waals surface area (Å²) >= 11 is 7.37. The fourth-order valence-electron chi connectivity index (χ4n) is 2.02. The highest BCUT2D eigenvalue weighted by molar-refractivity contribution is 7.12. The Morgan fingerprint density at radius 3 is 2.90 bits per heavy atom. The van der Waals surface area contributed by atoms with Crippen LogP contribution in [0.25, 0.3) is 0 Å². The van der Waals surface area contributed by atoms with E-state index in [4.69, 9.17) is 17.4 Å². The van der Waals surface area contributed by atoms with Gasteiger partial charge < -0.3 is 0 Å². The molecule has 6 heteroatoms. The van der Waals surface area contributed by atoms with Gasteiger partial charge in [0.1, 0.15) is 0 Å². The molecule has 1 heterocycles. The van der Waals surface area contributed by atoms with Gasteiger partial charge in [0.25, 0.3) is 5.91 Å². The van der Waals surface area contributed by atoms with Crippen LogP contribution in [0.5, 0.6) is 0 Å². The first-order valence-electron chi connectivity index (χ1n) is 6.10. The minimum absolute atomic E-state index is 0.244. The molecule has 20 heavy (non-hydrogen) atoms. The molecular weight excluding hydrogens is 294 g/mol. The lowest BCUT2D eigenvalue weighted by Crippen LogP contribution is -2.30. The van der Waals surface area contributed by atoms with Gasteiger partial charge in [-0.15, -0.1) is 11.3 Å². The van der Waals surface area contributed by atoms with E-state index >= 15 is 0 Å². The maximum Gasteiger partial charge on any atom is 0.275 e. The van der Waals surface area contributed by atoms with Gasteiger partial charge in [-0.2, -0.15) is 0 Å². The molecule has 0 unspecified atom stereocenters. The van der Waals surface area contributed by atoms with Crippen molar-refractivity contribution in [2.24, 2.45) is 5.84 Å². The first-order valence-corrected chi connectivity index (χ1v) is 7.36. The van der Waals surface area contributed by atoms with Crippen molar-refractivity contribution in [3.8, 4) is 0 Å². The van der Waals surface area contributed by atoms with Crippen LogP contribution in [0.1, 0.15) is 20.8 Å². The van der Waals surface area contributed by atoms with E-state index < -0.39 is 0 Å². The fraction of sp³-hybridized carbons (Fsp3) is 0.214. The number of nitrogen functional groups attached to an aromatic ring is 1. The summed E-state index contributed by atoms with van der Waals surface area (Å²) in [6.07, 6.45) is 0. The number of hydrogen-bond acceptors (Lipinski definition) is 4. The summed E-state index contributed by atoms with van der Waals surface area (Å²) in [6, 6.07) is 9.71. The number of benzene rings is 1. The Hall–Kier alpha value is -1.40. The highest BCUT2D eigenvalue weighted by Crippen LogP contribution is 2.19. The second-order valence-electron chi connectivity index (χ2n) is 4.55. The average Bonchev–Trinajstić information content (AvgIpc) is 2.85. The average molecular weight is 310 g/mol. The predicted molar refractivity (Wildman–Crippen MR) is 82.6 cm³/mol. The highest BCUT2D eigenvalue weighted by Gasteiger charge is 2.13. The van der Waals surface area contributed by atoms with Crippen LogP contribution < -0.4 is 11.3 Å². The van der Waals surface area contributed by atoms with E-state index in [1.807, 2.05) is 42.8 Å². The van der Waals surface area contributed by atoms with E-state index in [0.29, 0.717) is 11.4 Å². The number of hydrazine groups is 1. The minimum Gasteiger partial charge on any atom is -0.298 e. The molecule has 0 fully saturated rings. The zero-order valence-electron chi connectivity index (χ0n) is 11.1. The molecule has 2 aromatic rings. The number of amides is 1. The van der Waals surface area contributed by atoms with Crippen LogP contribution in [-0.4, -0.2) is 17.9 Å². The smallest absolute Gasteiger partial charge is 0.275 e. The second-order valence-corrected chi connectivity index (χ2v) is 5.90. The first kappa shape index (κ1) is 15.0. The minimum atomic E-state index is -0.244. The number of nitrogens with one attached hydrogen (secondary N) is 1. The SMILES string of the molecule is CN(Cc1cccc(Cl)c1)Cc1ccsc1C(=O)NN. The Kier molecular flexibility index (Phi) is 5.14. The molecule has 0 atom stereocenters. The van der Waals surface area contributed by atoms with Crippen molar-refractivity contribution in [2.75, 3.05) is 7.05 Å². The number of hydrogen-bond donors (Lipinski definition) is 2. The number of carbonyl (C=O) groups is 1. The first-order chi connectivity index (χ1) is 9.60. The van der Waals surface area contributed by atoms with Crippen LogP contribution in [0.15, 0.2) is 35.7 Å². The van der Waals surface area contributed by atoms with Crippen molar-refractivity contribution < 1.29 is 4.79 Å². The third-order valence-electron chi connectivity index (χ3n) is 2.87. The molecule has 0 aliphatic heterocycles. The molecule has 106 valence electrons. The molecule has 0 saturated heterocycles. The van der Waals surface area contributed by atoms with Gasteiger partial charge in [0.05, 0.1) is 4.88 Å². The van der Waals surface area contributed by atoms with Crippen LogP contribution in [0.4, 0.5) is 0 Å². The second kappa shape index (κ2) is 6.85. The summed E-state index contributed by atoms with van der Waals surface area (Å²) in [7, 11) is 2.00. The summed E-state index contributed by atoms with van der Waals surface area (Å²) < 4.78 is 0. The molecule has 0 bridgehead atoms. The number of nitrogens with two attached hydrogens (primary N) is 1. The third-order valence-corrected chi connectivity index (χ3v) is 4.06. The lowest BCUT2D eigenvalue weighted by molar-refractivity contribution is 0.0956. The maximum atomic E-state index is 11.6. The third kappa shape index (κ3) is 3.80.